The zero-order valence-electron chi connectivity index (χ0n) is 20.4. The third kappa shape index (κ3) is 4.16. The number of aryl methyl sites for hydroxylation is 1. The minimum absolute atomic E-state index is 0.0221. The Labute approximate surface area is 208 Å². The molecule has 4 aromatic rings. The Balaban J connectivity index is 1.58. The number of fused-ring (bicyclic) bond motifs is 2. The molecule has 1 saturated heterocycles. The molecular weight excluding hydrogens is 454 g/mol. The molecule has 182 valence electrons. The van der Waals surface area contributed by atoms with Gasteiger partial charge in [0.2, 0.25) is 0 Å². The van der Waals surface area contributed by atoms with Crippen LogP contribution < -0.4 is 5.73 Å². The van der Waals surface area contributed by atoms with Gasteiger partial charge >= 0.3 is 0 Å². The number of hydrogen-bond acceptors (Lipinski definition) is 7. The van der Waals surface area contributed by atoms with Gasteiger partial charge in [-0.3, -0.25) is 19.2 Å². The van der Waals surface area contributed by atoms with Gasteiger partial charge in [0.1, 0.15) is 11.5 Å². The molecule has 4 heterocycles. The highest BCUT2D eigenvalue weighted by molar-refractivity contribution is 6.09. The van der Waals surface area contributed by atoms with E-state index in [-0.39, 0.29) is 23.4 Å². The van der Waals surface area contributed by atoms with Gasteiger partial charge in [0.15, 0.2) is 11.6 Å². The Morgan fingerprint density at radius 3 is 2.86 bits per heavy atom. The molecule has 2 N–H and O–H groups in total. The molecule has 1 atom stereocenters. The van der Waals surface area contributed by atoms with Gasteiger partial charge in [-0.1, -0.05) is 12.5 Å². The number of nitrogen functional groups attached to an aromatic ring is 1. The van der Waals surface area contributed by atoms with Crippen LogP contribution in [0.15, 0.2) is 43.4 Å². The number of Topliss-reactive ketones (excluding diaryl/α,β-unsaturated/α-hetero) is 1. The molecule has 5 rings (SSSR count). The van der Waals surface area contributed by atoms with E-state index < -0.39 is 0 Å². The van der Waals surface area contributed by atoms with Crippen LogP contribution in [-0.2, 0) is 11.3 Å². The minimum atomic E-state index is -0.123. The second-order valence-electron chi connectivity index (χ2n) is 8.96. The highest BCUT2D eigenvalue weighted by Gasteiger charge is 2.29. The first-order valence-electron chi connectivity index (χ1n) is 11.9. The summed E-state index contributed by atoms with van der Waals surface area (Å²) < 4.78 is 3.92. The normalized spacial score (nSPS) is 15.8. The van der Waals surface area contributed by atoms with Gasteiger partial charge in [0.05, 0.1) is 46.4 Å². The summed E-state index contributed by atoms with van der Waals surface area (Å²) in [7, 11) is 0. The number of aromatic nitrogens is 5. The minimum Gasteiger partial charge on any atom is -0.383 e. The molecule has 9 heteroatoms. The summed E-state index contributed by atoms with van der Waals surface area (Å²) >= 11 is 0. The Hall–Kier alpha value is -4.29. The number of hydrogen-bond donors (Lipinski definition) is 1. The molecular formula is C27H27N7O2. The van der Waals surface area contributed by atoms with E-state index in [1.165, 1.54) is 19.2 Å². The van der Waals surface area contributed by atoms with E-state index in [2.05, 4.69) is 44.8 Å². The van der Waals surface area contributed by atoms with Crippen molar-refractivity contribution in [3.63, 3.8) is 0 Å². The highest BCUT2D eigenvalue weighted by atomic mass is 16.1. The lowest BCUT2D eigenvalue weighted by Crippen LogP contribution is -2.27. The molecule has 0 saturated carbocycles. The van der Waals surface area contributed by atoms with Crippen molar-refractivity contribution in [2.24, 2.45) is 0 Å². The van der Waals surface area contributed by atoms with E-state index in [4.69, 9.17) is 10.8 Å². The summed E-state index contributed by atoms with van der Waals surface area (Å²) in [6, 6.07) is 5.88. The first-order valence-corrected chi connectivity index (χ1v) is 11.9. The van der Waals surface area contributed by atoms with E-state index in [9.17, 15) is 9.59 Å². The summed E-state index contributed by atoms with van der Waals surface area (Å²) in [4.78, 5) is 35.1. The molecule has 0 unspecified atom stereocenters. The van der Waals surface area contributed by atoms with Crippen molar-refractivity contribution in [1.29, 1.82) is 0 Å². The van der Waals surface area contributed by atoms with Gasteiger partial charge < -0.3 is 10.3 Å². The van der Waals surface area contributed by atoms with Crippen LogP contribution in [0.5, 0.6) is 0 Å². The fourth-order valence-electron chi connectivity index (χ4n) is 4.77. The third-order valence-electron chi connectivity index (χ3n) is 6.62. The van der Waals surface area contributed by atoms with Crippen LogP contribution >= 0.6 is 0 Å². The van der Waals surface area contributed by atoms with Crippen LogP contribution in [0, 0.1) is 11.8 Å². The lowest BCUT2D eigenvalue weighted by Gasteiger charge is -2.16. The van der Waals surface area contributed by atoms with Crippen LogP contribution in [0.4, 0.5) is 5.82 Å². The van der Waals surface area contributed by atoms with Crippen molar-refractivity contribution in [2.75, 3.05) is 25.4 Å². The van der Waals surface area contributed by atoms with E-state index >= 15 is 0 Å². The molecule has 0 aliphatic carbocycles. The number of rotatable bonds is 6. The van der Waals surface area contributed by atoms with E-state index in [0.717, 1.165) is 36.1 Å². The first kappa shape index (κ1) is 23.5. The van der Waals surface area contributed by atoms with E-state index in [1.807, 2.05) is 29.2 Å². The molecule has 1 aliphatic rings. The summed E-state index contributed by atoms with van der Waals surface area (Å²) in [5, 5.41) is 5.40. The number of carbonyl (C=O) groups is 2. The fraction of sp³-hybridized carbons (Fsp3) is 0.296. The topological polar surface area (TPSA) is 112 Å². The van der Waals surface area contributed by atoms with Gasteiger partial charge in [-0.15, -0.1) is 0 Å². The molecule has 9 nitrogen and oxygen atoms in total. The van der Waals surface area contributed by atoms with Crippen LogP contribution in [0.2, 0.25) is 0 Å². The van der Waals surface area contributed by atoms with E-state index in [1.54, 1.807) is 0 Å². The van der Waals surface area contributed by atoms with Gasteiger partial charge in [-0.25, -0.2) is 9.97 Å². The predicted octanol–water partition coefficient (Wildman–Crippen LogP) is 2.99. The van der Waals surface area contributed by atoms with Crippen LogP contribution in [0.25, 0.3) is 21.9 Å². The van der Waals surface area contributed by atoms with Gasteiger partial charge in [0, 0.05) is 31.4 Å². The van der Waals surface area contributed by atoms with Gasteiger partial charge in [-0.05, 0) is 50.5 Å². The number of nitrogens with zero attached hydrogens (tertiary/aromatic N) is 6. The van der Waals surface area contributed by atoms with Crippen molar-refractivity contribution in [3.8, 4) is 11.8 Å². The first-order chi connectivity index (χ1) is 17.4. The second-order valence-corrected chi connectivity index (χ2v) is 8.96. The molecule has 0 radical (unpaired) electrons. The predicted molar refractivity (Wildman–Crippen MR) is 139 cm³/mol. The third-order valence-corrected chi connectivity index (χ3v) is 6.62. The van der Waals surface area contributed by atoms with Crippen LogP contribution in [0.1, 0.15) is 47.9 Å². The largest absolute Gasteiger partial charge is 0.383 e. The lowest BCUT2D eigenvalue weighted by molar-refractivity contribution is -0.115. The molecule has 1 aliphatic heterocycles. The number of anilines is 1. The van der Waals surface area contributed by atoms with Crippen molar-refractivity contribution >= 4 is 39.3 Å². The second kappa shape index (κ2) is 9.40. The van der Waals surface area contributed by atoms with Crippen LogP contribution in [0.3, 0.4) is 0 Å². The zero-order chi connectivity index (χ0) is 25.4. The maximum atomic E-state index is 12.5. The van der Waals surface area contributed by atoms with Crippen LogP contribution in [-0.4, -0.2) is 60.4 Å². The van der Waals surface area contributed by atoms with Gasteiger partial charge in [0.25, 0.3) is 0 Å². The van der Waals surface area contributed by atoms with Crippen molar-refractivity contribution in [3.05, 3.63) is 60.2 Å². The number of carbonyl (C=O) groups excluding carboxylic acids is 2. The van der Waals surface area contributed by atoms with Crippen molar-refractivity contribution < 1.29 is 9.59 Å². The maximum Gasteiger partial charge on any atom is 0.169 e. The molecule has 1 aromatic carbocycles. The zero-order valence-corrected chi connectivity index (χ0v) is 20.4. The summed E-state index contributed by atoms with van der Waals surface area (Å²) in [5.41, 5.74) is 10.6. The molecule has 0 spiro atoms. The number of ketones is 2. The summed E-state index contributed by atoms with van der Waals surface area (Å²) in [6.07, 6.45) is 5.44. The standard InChI is InChI=1S/C27H27N7O2/c1-4-20(36)15-32-11-10-19(14-32)34-26-21(17(3)35)13-29-27(28)25(26)22(31-34)8-6-18-7-9-24-23(12-18)30-16-33(24)5-2/h4,7,9,12-13,16,19H,1,5,10-11,14-15H2,2-3H3,(H2,28,29)/t19-/m0/s1. The molecule has 3 aromatic heterocycles. The number of pyridine rings is 1. The Bertz CT molecular complexity index is 1580. The maximum absolute atomic E-state index is 12.5. The molecule has 0 amide bonds. The summed E-state index contributed by atoms with van der Waals surface area (Å²) in [6.45, 7) is 9.66. The Morgan fingerprint density at radius 2 is 2.11 bits per heavy atom. The van der Waals surface area contributed by atoms with Crippen molar-refractivity contribution in [1.82, 2.24) is 29.2 Å². The number of nitrogens with two attached hydrogens (primary N) is 1. The average Bonchev–Trinajstić information content (AvgIpc) is 3.59. The number of likely N-dealkylation sites (tertiary alicyclic amines) is 1. The van der Waals surface area contributed by atoms with E-state index in [0.29, 0.717) is 35.2 Å². The lowest BCUT2D eigenvalue weighted by atomic mass is 10.1. The number of benzene rings is 1. The van der Waals surface area contributed by atoms with Gasteiger partial charge in [-0.2, -0.15) is 5.10 Å². The molecule has 0 bridgehead atoms. The molecule has 1 fully saturated rings. The smallest absolute Gasteiger partial charge is 0.169 e. The monoisotopic (exact) mass is 481 g/mol. The fourth-order valence-corrected chi connectivity index (χ4v) is 4.77. The van der Waals surface area contributed by atoms with Crippen molar-refractivity contribution in [2.45, 2.75) is 32.9 Å². The highest BCUT2D eigenvalue weighted by Crippen LogP contribution is 2.32. The molecule has 36 heavy (non-hydrogen) atoms. The summed E-state index contributed by atoms with van der Waals surface area (Å²) in [5.74, 6) is 6.48. The SMILES string of the molecule is C=CC(=O)CN1CC[C@H](n2nc(C#Cc3ccc4c(c3)ncn4CC)c3c(N)ncc(C(C)=O)c32)C1. The Kier molecular flexibility index (Phi) is 6.12. The quantitative estimate of drug-likeness (QED) is 0.256. The average molecular weight is 482 g/mol. The number of imidazole rings is 1. The Morgan fingerprint density at radius 1 is 1.28 bits per heavy atom.